The molecule has 1 heterocycles. The van der Waals surface area contributed by atoms with Crippen LogP contribution in [-0.2, 0) is 19.1 Å². The summed E-state index contributed by atoms with van der Waals surface area (Å²) in [5, 5.41) is 0. The number of methoxy groups -OCH3 is 2. The summed E-state index contributed by atoms with van der Waals surface area (Å²) in [4.78, 5) is 28.4. The van der Waals surface area contributed by atoms with Gasteiger partial charge in [0.25, 0.3) is 0 Å². The fourth-order valence-corrected chi connectivity index (χ4v) is 2.46. The monoisotopic (exact) mass is 275 g/mol. The van der Waals surface area contributed by atoms with Gasteiger partial charge in [0, 0.05) is 12.1 Å². The summed E-state index contributed by atoms with van der Waals surface area (Å²) < 4.78 is 9.58. The SMILES string of the molecule is COC(=O)[C@@H]1CC(c2ccccc2)=N[C@@]1(C)C(=O)OC. The second-order valence-electron chi connectivity index (χ2n) is 4.84. The van der Waals surface area contributed by atoms with Gasteiger partial charge in [0.2, 0.25) is 0 Å². The van der Waals surface area contributed by atoms with Crippen LogP contribution in [0.5, 0.6) is 0 Å². The lowest BCUT2D eigenvalue weighted by molar-refractivity contribution is -0.157. The molecule has 0 radical (unpaired) electrons. The molecule has 0 aliphatic carbocycles. The molecule has 106 valence electrons. The smallest absolute Gasteiger partial charge is 0.334 e. The zero-order valence-electron chi connectivity index (χ0n) is 11.8. The van der Waals surface area contributed by atoms with Crippen molar-refractivity contribution in [2.75, 3.05) is 14.2 Å². The van der Waals surface area contributed by atoms with E-state index in [4.69, 9.17) is 9.47 Å². The molecule has 0 amide bonds. The highest BCUT2D eigenvalue weighted by atomic mass is 16.5. The van der Waals surface area contributed by atoms with Gasteiger partial charge in [0.05, 0.1) is 20.1 Å². The molecule has 0 fully saturated rings. The molecule has 0 bridgehead atoms. The van der Waals surface area contributed by atoms with Gasteiger partial charge in [-0.3, -0.25) is 9.79 Å². The Balaban J connectivity index is 2.41. The Morgan fingerprint density at radius 3 is 2.40 bits per heavy atom. The molecular formula is C15H17NO4. The van der Waals surface area contributed by atoms with Crippen LogP contribution in [0.2, 0.25) is 0 Å². The van der Waals surface area contributed by atoms with Crippen molar-refractivity contribution >= 4 is 17.7 Å². The third kappa shape index (κ3) is 2.31. The first-order valence-electron chi connectivity index (χ1n) is 6.33. The number of carbonyl (C=O) groups is 2. The molecule has 0 spiro atoms. The van der Waals surface area contributed by atoms with Crippen LogP contribution in [0, 0.1) is 5.92 Å². The van der Waals surface area contributed by atoms with Crippen molar-refractivity contribution in [2.45, 2.75) is 18.9 Å². The summed E-state index contributed by atoms with van der Waals surface area (Å²) in [7, 11) is 2.60. The van der Waals surface area contributed by atoms with Crippen LogP contribution in [0.15, 0.2) is 35.3 Å². The summed E-state index contributed by atoms with van der Waals surface area (Å²) in [6.07, 6.45) is 0.363. The third-order valence-corrected chi connectivity index (χ3v) is 3.63. The summed E-state index contributed by atoms with van der Waals surface area (Å²) in [6, 6.07) is 9.47. The molecule has 0 unspecified atom stereocenters. The maximum atomic E-state index is 12.0. The minimum Gasteiger partial charge on any atom is -0.469 e. The van der Waals surface area contributed by atoms with Gasteiger partial charge in [-0.1, -0.05) is 30.3 Å². The summed E-state index contributed by atoms with van der Waals surface area (Å²) >= 11 is 0. The lowest BCUT2D eigenvalue weighted by Crippen LogP contribution is -2.43. The van der Waals surface area contributed by atoms with Crippen LogP contribution < -0.4 is 0 Å². The fourth-order valence-electron chi connectivity index (χ4n) is 2.46. The highest BCUT2D eigenvalue weighted by Crippen LogP contribution is 2.36. The first kappa shape index (κ1) is 14.2. The Labute approximate surface area is 117 Å². The maximum absolute atomic E-state index is 12.0. The topological polar surface area (TPSA) is 65.0 Å². The van der Waals surface area contributed by atoms with Crippen LogP contribution in [0.25, 0.3) is 0 Å². The Kier molecular flexibility index (Phi) is 3.88. The van der Waals surface area contributed by atoms with E-state index in [-0.39, 0.29) is 0 Å². The standard InChI is InChI=1S/C15H17NO4/c1-15(14(18)20-3)11(13(17)19-2)9-12(16-15)10-7-5-4-6-8-10/h4-8,11H,9H2,1-3H3/t11-,15+/m0/s1. The predicted molar refractivity (Wildman–Crippen MR) is 73.5 cm³/mol. The van der Waals surface area contributed by atoms with E-state index < -0.39 is 23.4 Å². The minimum absolute atomic E-state index is 0.363. The minimum atomic E-state index is -1.23. The van der Waals surface area contributed by atoms with Crippen molar-refractivity contribution < 1.29 is 19.1 Å². The molecule has 20 heavy (non-hydrogen) atoms. The summed E-state index contributed by atoms with van der Waals surface area (Å²) in [5.41, 5.74) is 0.385. The fraction of sp³-hybridized carbons (Fsp3) is 0.400. The molecule has 0 saturated carbocycles. The van der Waals surface area contributed by atoms with Crippen molar-refractivity contribution in [1.29, 1.82) is 0 Å². The molecule has 1 aliphatic rings. The Bertz CT molecular complexity index is 552. The van der Waals surface area contributed by atoms with Crippen LogP contribution >= 0.6 is 0 Å². The number of hydrogen-bond donors (Lipinski definition) is 0. The first-order valence-corrected chi connectivity index (χ1v) is 6.33. The van der Waals surface area contributed by atoms with E-state index in [1.165, 1.54) is 14.2 Å². The van der Waals surface area contributed by atoms with E-state index >= 15 is 0 Å². The number of nitrogens with zero attached hydrogens (tertiary/aromatic N) is 1. The average Bonchev–Trinajstić information content (AvgIpc) is 2.85. The van der Waals surface area contributed by atoms with E-state index in [2.05, 4.69) is 4.99 Å². The maximum Gasteiger partial charge on any atom is 0.334 e. The van der Waals surface area contributed by atoms with Gasteiger partial charge in [-0.15, -0.1) is 0 Å². The van der Waals surface area contributed by atoms with Crippen LogP contribution in [-0.4, -0.2) is 37.4 Å². The zero-order valence-corrected chi connectivity index (χ0v) is 11.8. The zero-order chi connectivity index (χ0) is 14.8. The number of rotatable bonds is 3. The van der Waals surface area contributed by atoms with E-state index in [0.29, 0.717) is 12.1 Å². The van der Waals surface area contributed by atoms with E-state index in [9.17, 15) is 9.59 Å². The highest BCUT2D eigenvalue weighted by Gasteiger charge is 2.51. The molecule has 1 aromatic rings. The first-order chi connectivity index (χ1) is 9.52. The molecular weight excluding hydrogens is 258 g/mol. The number of carbonyl (C=O) groups excluding carboxylic acids is 2. The summed E-state index contributed by atoms with van der Waals surface area (Å²) in [5.74, 6) is -1.64. The Morgan fingerprint density at radius 2 is 1.85 bits per heavy atom. The molecule has 1 aromatic carbocycles. The molecule has 2 rings (SSSR count). The molecule has 2 atom stereocenters. The number of esters is 2. The average molecular weight is 275 g/mol. The van der Waals surface area contributed by atoms with Crippen molar-refractivity contribution in [3.8, 4) is 0 Å². The highest BCUT2D eigenvalue weighted by molar-refractivity contribution is 6.08. The second-order valence-corrected chi connectivity index (χ2v) is 4.84. The van der Waals surface area contributed by atoms with Gasteiger partial charge < -0.3 is 9.47 Å². The number of benzene rings is 1. The lowest BCUT2D eigenvalue weighted by Gasteiger charge is -2.23. The third-order valence-electron chi connectivity index (χ3n) is 3.63. The number of aliphatic imine (C=N–C) groups is 1. The van der Waals surface area contributed by atoms with Crippen molar-refractivity contribution in [3.63, 3.8) is 0 Å². The van der Waals surface area contributed by atoms with Crippen LogP contribution in [0.4, 0.5) is 0 Å². The second kappa shape index (κ2) is 5.45. The molecule has 5 nitrogen and oxygen atoms in total. The lowest BCUT2D eigenvalue weighted by atomic mass is 9.85. The van der Waals surface area contributed by atoms with Gasteiger partial charge in [0.1, 0.15) is 0 Å². The van der Waals surface area contributed by atoms with Crippen molar-refractivity contribution in [1.82, 2.24) is 0 Å². The summed E-state index contributed by atoms with van der Waals surface area (Å²) in [6.45, 7) is 1.61. The van der Waals surface area contributed by atoms with Gasteiger partial charge in [-0.25, -0.2) is 4.79 Å². The Hall–Kier alpha value is -2.17. The Morgan fingerprint density at radius 1 is 1.20 bits per heavy atom. The molecule has 0 N–H and O–H groups in total. The van der Waals surface area contributed by atoms with Crippen LogP contribution in [0.3, 0.4) is 0 Å². The largest absolute Gasteiger partial charge is 0.469 e. The normalized spacial score (nSPS) is 24.9. The molecule has 0 aromatic heterocycles. The molecule has 0 saturated heterocycles. The van der Waals surface area contributed by atoms with Crippen LogP contribution in [0.1, 0.15) is 18.9 Å². The number of ether oxygens (including phenoxy) is 2. The quantitative estimate of drug-likeness (QED) is 0.786. The van der Waals surface area contributed by atoms with Gasteiger partial charge >= 0.3 is 11.9 Å². The molecule has 5 heteroatoms. The van der Waals surface area contributed by atoms with Gasteiger partial charge in [-0.2, -0.15) is 0 Å². The van der Waals surface area contributed by atoms with Gasteiger partial charge in [-0.05, 0) is 12.5 Å². The van der Waals surface area contributed by atoms with E-state index in [1.54, 1.807) is 6.92 Å². The molecule has 1 aliphatic heterocycles. The van der Waals surface area contributed by atoms with Crippen molar-refractivity contribution in [2.24, 2.45) is 10.9 Å². The van der Waals surface area contributed by atoms with E-state index in [0.717, 1.165) is 5.56 Å². The van der Waals surface area contributed by atoms with Gasteiger partial charge in [0.15, 0.2) is 5.54 Å². The van der Waals surface area contributed by atoms with E-state index in [1.807, 2.05) is 30.3 Å². The number of hydrogen-bond acceptors (Lipinski definition) is 5. The van der Waals surface area contributed by atoms with Crippen molar-refractivity contribution in [3.05, 3.63) is 35.9 Å². The predicted octanol–water partition coefficient (Wildman–Crippen LogP) is 1.60.